The lowest BCUT2D eigenvalue weighted by atomic mass is 9.92. The predicted octanol–water partition coefficient (Wildman–Crippen LogP) is 3.77. The molecule has 0 aliphatic carbocycles. The van der Waals surface area contributed by atoms with Gasteiger partial charge in [0.1, 0.15) is 0 Å². The summed E-state index contributed by atoms with van der Waals surface area (Å²) in [6.45, 7) is 7.58. The first-order valence-electron chi connectivity index (χ1n) is 9.71. The average molecular weight is 377 g/mol. The van der Waals surface area contributed by atoms with Crippen LogP contribution in [-0.4, -0.2) is 41.6 Å². The van der Waals surface area contributed by atoms with Gasteiger partial charge in [-0.2, -0.15) is 0 Å². The van der Waals surface area contributed by atoms with Crippen molar-refractivity contribution < 1.29 is 9.59 Å². The maximum absolute atomic E-state index is 12.7. The Morgan fingerprint density at radius 1 is 1.23 bits per heavy atom. The molecular weight excluding hydrogens is 344 g/mol. The van der Waals surface area contributed by atoms with E-state index in [9.17, 15) is 9.59 Å². The summed E-state index contributed by atoms with van der Waals surface area (Å²) >= 11 is 1.65. The zero-order valence-electron chi connectivity index (χ0n) is 16.3. The molecule has 0 saturated carbocycles. The fourth-order valence-corrected chi connectivity index (χ4v) is 4.10. The van der Waals surface area contributed by atoms with Crippen LogP contribution in [0.3, 0.4) is 0 Å². The third-order valence-electron chi connectivity index (χ3n) is 5.02. The van der Waals surface area contributed by atoms with E-state index in [0.29, 0.717) is 12.3 Å². The zero-order chi connectivity index (χ0) is 18.9. The summed E-state index contributed by atoms with van der Waals surface area (Å²) in [5.74, 6) is 1.52. The van der Waals surface area contributed by atoms with Gasteiger partial charge in [0.2, 0.25) is 11.8 Å². The number of thioether (sulfide) groups is 1. The van der Waals surface area contributed by atoms with Gasteiger partial charge in [0, 0.05) is 24.9 Å². The summed E-state index contributed by atoms with van der Waals surface area (Å²) in [4.78, 5) is 26.9. The topological polar surface area (TPSA) is 49.4 Å². The molecule has 1 aliphatic rings. The molecule has 1 aromatic carbocycles. The van der Waals surface area contributed by atoms with E-state index in [0.717, 1.165) is 38.0 Å². The summed E-state index contributed by atoms with van der Waals surface area (Å²) in [6.07, 6.45) is 3.86. The van der Waals surface area contributed by atoms with E-state index in [1.54, 1.807) is 11.8 Å². The van der Waals surface area contributed by atoms with Crippen LogP contribution in [0.25, 0.3) is 0 Å². The Hall–Kier alpha value is -1.49. The van der Waals surface area contributed by atoms with Crippen LogP contribution in [0.1, 0.15) is 50.7 Å². The van der Waals surface area contributed by atoms with Crippen molar-refractivity contribution in [1.29, 1.82) is 0 Å². The third-order valence-corrected chi connectivity index (χ3v) is 6.01. The molecule has 0 aromatic heterocycles. The largest absolute Gasteiger partial charge is 0.356 e. The molecule has 2 atom stereocenters. The molecule has 1 saturated heterocycles. The lowest BCUT2D eigenvalue weighted by Gasteiger charge is -2.37. The molecule has 2 rings (SSSR count). The second-order valence-electron chi connectivity index (χ2n) is 7.29. The molecule has 1 fully saturated rings. The van der Waals surface area contributed by atoms with Crippen molar-refractivity contribution in [2.45, 2.75) is 58.2 Å². The molecule has 1 N–H and O–H groups in total. The second-order valence-corrected chi connectivity index (χ2v) is 8.28. The van der Waals surface area contributed by atoms with Crippen LogP contribution in [0.2, 0.25) is 0 Å². The average Bonchev–Trinajstić information content (AvgIpc) is 2.63. The number of nitrogens with zero attached hydrogens (tertiary/aromatic N) is 1. The van der Waals surface area contributed by atoms with E-state index in [1.807, 2.05) is 4.90 Å². The van der Waals surface area contributed by atoms with E-state index in [-0.39, 0.29) is 23.8 Å². The van der Waals surface area contributed by atoms with E-state index in [2.05, 4.69) is 50.4 Å². The normalized spacial score (nSPS) is 20.0. The fraction of sp³-hybridized carbons (Fsp3) is 0.619. The molecule has 1 heterocycles. The van der Waals surface area contributed by atoms with Gasteiger partial charge in [0.15, 0.2) is 0 Å². The Morgan fingerprint density at radius 2 is 1.96 bits per heavy atom. The molecule has 0 bridgehead atoms. The van der Waals surface area contributed by atoms with Crippen LogP contribution >= 0.6 is 11.8 Å². The lowest BCUT2D eigenvalue weighted by molar-refractivity contribution is -0.136. The molecule has 0 radical (unpaired) electrons. The summed E-state index contributed by atoms with van der Waals surface area (Å²) in [6, 6.07) is 8.67. The molecule has 5 heteroatoms. The molecule has 1 aromatic rings. The summed E-state index contributed by atoms with van der Waals surface area (Å²) in [5.41, 5.74) is 2.49. The molecule has 2 amide bonds. The SMILES string of the molecule is CCCCNC(=O)C1CCC(C)N(C(=O)CSCc2ccc(C)cc2)C1. The summed E-state index contributed by atoms with van der Waals surface area (Å²) in [7, 11) is 0. The van der Waals surface area contributed by atoms with Crippen molar-refractivity contribution >= 4 is 23.6 Å². The highest BCUT2D eigenvalue weighted by atomic mass is 32.2. The van der Waals surface area contributed by atoms with Crippen LogP contribution in [0.15, 0.2) is 24.3 Å². The number of carbonyl (C=O) groups is 2. The van der Waals surface area contributed by atoms with E-state index >= 15 is 0 Å². The highest BCUT2D eigenvalue weighted by Crippen LogP contribution is 2.23. The maximum Gasteiger partial charge on any atom is 0.232 e. The van der Waals surface area contributed by atoms with Crippen LogP contribution in [0.5, 0.6) is 0 Å². The van der Waals surface area contributed by atoms with Gasteiger partial charge < -0.3 is 10.2 Å². The van der Waals surface area contributed by atoms with Crippen molar-refractivity contribution in [3.05, 3.63) is 35.4 Å². The second kappa shape index (κ2) is 10.6. The highest BCUT2D eigenvalue weighted by molar-refractivity contribution is 7.99. The number of benzene rings is 1. The molecule has 4 nitrogen and oxygen atoms in total. The molecular formula is C21H32N2O2S. The molecule has 2 unspecified atom stereocenters. The minimum Gasteiger partial charge on any atom is -0.356 e. The van der Waals surface area contributed by atoms with Crippen molar-refractivity contribution in [3.8, 4) is 0 Å². The Bertz CT molecular complexity index is 588. The first-order chi connectivity index (χ1) is 12.5. The summed E-state index contributed by atoms with van der Waals surface area (Å²) < 4.78 is 0. The minimum atomic E-state index is -0.0610. The smallest absolute Gasteiger partial charge is 0.232 e. The van der Waals surface area contributed by atoms with Gasteiger partial charge in [0.05, 0.1) is 11.7 Å². The standard InChI is InChI=1S/C21H32N2O2S/c1-4-5-12-22-21(25)19-11-8-17(3)23(13-19)20(24)15-26-14-18-9-6-16(2)7-10-18/h6-7,9-10,17,19H,4-5,8,11-15H2,1-3H3,(H,22,25). The predicted molar refractivity (Wildman–Crippen MR) is 109 cm³/mol. The first-order valence-corrected chi connectivity index (χ1v) is 10.9. The quantitative estimate of drug-likeness (QED) is 0.703. The minimum absolute atomic E-state index is 0.0610. The Morgan fingerprint density at radius 3 is 2.65 bits per heavy atom. The van der Waals surface area contributed by atoms with Crippen LogP contribution < -0.4 is 5.32 Å². The number of amides is 2. The molecule has 0 spiro atoms. The van der Waals surface area contributed by atoms with Gasteiger partial charge in [-0.3, -0.25) is 9.59 Å². The van der Waals surface area contributed by atoms with Gasteiger partial charge in [-0.15, -0.1) is 11.8 Å². The third kappa shape index (κ3) is 6.35. The van der Waals surface area contributed by atoms with Crippen molar-refractivity contribution in [2.24, 2.45) is 5.92 Å². The number of hydrogen-bond donors (Lipinski definition) is 1. The number of unbranched alkanes of at least 4 members (excludes halogenated alkanes) is 1. The van der Waals surface area contributed by atoms with Gasteiger partial charge in [0.25, 0.3) is 0 Å². The Labute approximate surface area is 162 Å². The number of rotatable bonds is 8. The van der Waals surface area contributed by atoms with Crippen molar-refractivity contribution in [3.63, 3.8) is 0 Å². The van der Waals surface area contributed by atoms with E-state index < -0.39 is 0 Å². The van der Waals surface area contributed by atoms with Crippen molar-refractivity contribution in [2.75, 3.05) is 18.8 Å². The van der Waals surface area contributed by atoms with Gasteiger partial charge >= 0.3 is 0 Å². The lowest BCUT2D eigenvalue weighted by Crippen LogP contribution is -2.50. The first kappa shape index (κ1) is 20.8. The number of nitrogens with one attached hydrogen (secondary N) is 1. The maximum atomic E-state index is 12.7. The zero-order valence-corrected chi connectivity index (χ0v) is 17.1. The molecule has 144 valence electrons. The van der Waals surface area contributed by atoms with Crippen LogP contribution in [0.4, 0.5) is 0 Å². The highest BCUT2D eigenvalue weighted by Gasteiger charge is 2.32. The Kier molecular flexibility index (Phi) is 8.49. The van der Waals surface area contributed by atoms with Crippen molar-refractivity contribution in [1.82, 2.24) is 10.2 Å². The summed E-state index contributed by atoms with van der Waals surface area (Å²) in [5, 5.41) is 3.01. The number of carbonyl (C=O) groups excluding carboxylic acids is 2. The number of piperidine rings is 1. The fourth-order valence-electron chi connectivity index (χ4n) is 3.22. The monoisotopic (exact) mass is 376 g/mol. The van der Waals surface area contributed by atoms with Crippen LogP contribution in [-0.2, 0) is 15.3 Å². The number of hydrogen-bond acceptors (Lipinski definition) is 3. The van der Waals surface area contributed by atoms with Crippen LogP contribution in [0, 0.1) is 12.8 Å². The van der Waals surface area contributed by atoms with E-state index in [1.165, 1.54) is 11.1 Å². The van der Waals surface area contributed by atoms with Gasteiger partial charge in [-0.25, -0.2) is 0 Å². The molecule has 26 heavy (non-hydrogen) atoms. The van der Waals surface area contributed by atoms with Gasteiger partial charge in [-0.1, -0.05) is 43.2 Å². The van der Waals surface area contributed by atoms with E-state index in [4.69, 9.17) is 0 Å². The number of aryl methyl sites for hydroxylation is 1. The van der Waals surface area contributed by atoms with Gasteiger partial charge in [-0.05, 0) is 38.7 Å². The molecule has 1 aliphatic heterocycles. The Balaban J connectivity index is 1.80. The number of likely N-dealkylation sites (tertiary alicyclic amines) is 1.